The number of hydrogen-bond donors (Lipinski definition) is 1. The van der Waals surface area contributed by atoms with Gasteiger partial charge in [-0.15, -0.1) is 5.10 Å². The molecule has 2 atom stereocenters. The van der Waals surface area contributed by atoms with Crippen molar-refractivity contribution < 1.29 is 4.79 Å². The smallest absolute Gasteiger partial charge is 0.224 e. The molecule has 0 bridgehead atoms. The summed E-state index contributed by atoms with van der Waals surface area (Å²) in [4.78, 5) is 12.5. The summed E-state index contributed by atoms with van der Waals surface area (Å²) in [5.74, 6) is 0.465. The number of aromatic nitrogens is 4. The molecule has 2 unspecified atom stereocenters. The van der Waals surface area contributed by atoms with Gasteiger partial charge in [0.2, 0.25) is 5.91 Å². The Bertz CT molecular complexity index is 873. The number of amides is 1. The normalized spacial score (nSPS) is 18.8. The van der Waals surface area contributed by atoms with Crippen LogP contribution in [0.25, 0.3) is 5.69 Å². The van der Waals surface area contributed by atoms with E-state index in [9.17, 15) is 4.79 Å². The van der Waals surface area contributed by atoms with Crippen LogP contribution in [0.5, 0.6) is 0 Å². The average Bonchev–Trinajstić information content (AvgIpc) is 3.25. The number of carbonyl (C=O) groups is 1. The number of tetrazole rings is 1. The number of hydrogen-bond acceptors (Lipinski definition) is 4. The summed E-state index contributed by atoms with van der Waals surface area (Å²) in [5, 5.41) is 14.3. The van der Waals surface area contributed by atoms with Crippen LogP contribution >= 0.6 is 0 Å². The van der Waals surface area contributed by atoms with Crippen molar-refractivity contribution in [1.82, 2.24) is 25.5 Å². The number of benzene rings is 2. The zero-order chi connectivity index (χ0) is 17.2. The highest BCUT2D eigenvalue weighted by atomic mass is 16.1. The Labute approximate surface area is 145 Å². The van der Waals surface area contributed by atoms with Gasteiger partial charge in [-0.05, 0) is 51.6 Å². The predicted octanol–water partition coefficient (Wildman–Crippen LogP) is 2.25. The second kappa shape index (κ2) is 6.47. The van der Waals surface area contributed by atoms with Crippen LogP contribution in [-0.4, -0.2) is 26.1 Å². The molecule has 0 aliphatic heterocycles. The molecular weight excluding hydrogens is 314 g/mol. The van der Waals surface area contributed by atoms with Crippen LogP contribution in [0.1, 0.15) is 29.7 Å². The summed E-state index contributed by atoms with van der Waals surface area (Å²) >= 11 is 0. The zero-order valence-electron chi connectivity index (χ0n) is 14.0. The lowest BCUT2D eigenvalue weighted by Crippen LogP contribution is -2.31. The summed E-state index contributed by atoms with van der Waals surface area (Å²) < 4.78 is 1.58. The van der Waals surface area contributed by atoms with Crippen molar-refractivity contribution >= 4 is 5.91 Å². The first-order chi connectivity index (χ1) is 12.2. The lowest BCUT2D eigenvalue weighted by atomic mass is 10.0. The van der Waals surface area contributed by atoms with Crippen LogP contribution in [-0.2, 0) is 17.6 Å². The quantitative estimate of drug-likeness (QED) is 0.795. The zero-order valence-corrected chi connectivity index (χ0v) is 14.0. The van der Waals surface area contributed by atoms with Crippen molar-refractivity contribution in [3.05, 3.63) is 71.5 Å². The molecular formula is C19H19N5O. The molecule has 6 nitrogen and oxygen atoms in total. The fourth-order valence-electron chi connectivity index (χ4n) is 3.47. The first kappa shape index (κ1) is 15.5. The number of rotatable bonds is 4. The van der Waals surface area contributed by atoms with E-state index >= 15 is 0 Å². The number of fused-ring (bicyclic) bond motifs is 1. The van der Waals surface area contributed by atoms with E-state index in [1.54, 1.807) is 11.0 Å². The first-order valence-electron chi connectivity index (χ1n) is 8.40. The van der Waals surface area contributed by atoms with Gasteiger partial charge in [0, 0.05) is 0 Å². The van der Waals surface area contributed by atoms with Gasteiger partial charge in [-0.1, -0.05) is 43.3 Å². The lowest BCUT2D eigenvalue weighted by molar-refractivity contribution is -0.121. The Morgan fingerprint density at radius 2 is 2.00 bits per heavy atom. The topological polar surface area (TPSA) is 72.7 Å². The largest absolute Gasteiger partial charge is 0.349 e. The molecule has 4 rings (SSSR count). The van der Waals surface area contributed by atoms with Crippen LogP contribution in [0.15, 0.2) is 54.9 Å². The van der Waals surface area contributed by atoms with E-state index in [4.69, 9.17) is 0 Å². The molecule has 1 heterocycles. The fourth-order valence-corrected chi connectivity index (χ4v) is 3.47. The van der Waals surface area contributed by atoms with Crippen molar-refractivity contribution in [3.8, 4) is 5.69 Å². The highest BCUT2D eigenvalue weighted by Gasteiger charge is 2.29. The molecule has 1 aliphatic rings. The van der Waals surface area contributed by atoms with Crippen LogP contribution in [0.2, 0.25) is 0 Å². The monoisotopic (exact) mass is 333 g/mol. The minimum Gasteiger partial charge on any atom is -0.349 e. The van der Waals surface area contributed by atoms with E-state index in [0.717, 1.165) is 17.7 Å². The maximum Gasteiger partial charge on any atom is 0.224 e. The molecule has 0 radical (unpaired) electrons. The molecule has 0 saturated carbocycles. The van der Waals surface area contributed by atoms with Gasteiger partial charge in [0.05, 0.1) is 18.2 Å². The van der Waals surface area contributed by atoms with Gasteiger partial charge in [0.15, 0.2) is 0 Å². The minimum atomic E-state index is 0.0451. The maximum atomic E-state index is 12.5. The second-order valence-corrected chi connectivity index (χ2v) is 6.52. The fraction of sp³-hybridized carbons (Fsp3) is 0.263. The third kappa shape index (κ3) is 3.15. The van der Waals surface area contributed by atoms with E-state index in [1.807, 2.05) is 30.3 Å². The summed E-state index contributed by atoms with van der Waals surface area (Å²) in [6.45, 7) is 2.19. The molecule has 1 aromatic heterocycles. The van der Waals surface area contributed by atoms with E-state index < -0.39 is 0 Å². The van der Waals surface area contributed by atoms with E-state index in [2.05, 4.69) is 46.0 Å². The predicted molar refractivity (Wildman–Crippen MR) is 93.1 cm³/mol. The van der Waals surface area contributed by atoms with Gasteiger partial charge in [0.25, 0.3) is 0 Å². The Morgan fingerprint density at radius 3 is 2.76 bits per heavy atom. The standard InChI is InChI=1S/C19H19N5O/c1-13-10-15-4-2-3-5-17(15)19(13)21-18(25)11-14-6-8-16(9-7-14)24-12-20-22-23-24/h2-9,12-13,19H,10-11H2,1H3,(H,21,25). The third-order valence-electron chi connectivity index (χ3n) is 4.73. The van der Waals surface area contributed by atoms with Crippen molar-refractivity contribution in [3.63, 3.8) is 0 Å². The van der Waals surface area contributed by atoms with Crippen molar-refractivity contribution in [1.29, 1.82) is 0 Å². The van der Waals surface area contributed by atoms with Crippen molar-refractivity contribution in [2.75, 3.05) is 0 Å². The molecule has 1 aliphatic carbocycles. The van der Waals surface area contributed by atoms with E-state index in [-0.39, 0.29) is 11.9 Å². The molecule has 2 aromatic carbocycles. The first-order valence-corrected chi connectivity index (χ1v) is 8.40. The van der Waals surface area contributed by atoms with Crippen LogP contribution in [0.3, 0.4) is 0 Å². The van der Waals surface area contributed by atoms with Crippen LogP contribution in [0, 0.1) is 5.92 Å². The molecule has 3 aromatic rings. The van der Waals surface area contributed by atoms with Gasteiger partial charge in [-0.3, -0.25) is 4.79 Å². The lowest BCUT2D eigenvalue weighted by Gasteiger charge is -2.19. The Morgan fingerprint density at radius 1 is 1.20 bits per heavy atom. The summed E-state index contributed by atoms with van der Waals surface area (Å²) in [7, 11) is 0. The molecule has 0 spiro atoms. The highest BCUT2D eigenvalue weighted by molar-refractivity contribution is 5.79. The van der Waals surface area contributed by atoms with Crippen molar-refractivity contribution in [2.45, 2.75) is 25.8 Å². The second-order valence-electron chi connectivity index (χ2n) is 6.52. The molecule has 126 valence electrons. The highest BCUT2D eigenvalue weighted by Crippen LogP contribution is 2.35. The number of nitrogens with one attached hydrogen (secondary N) is 1. The van der Waals surface area contributed by atoms with Crippen LogP contribution < -0.4 is 5.32 Å². The van der Waals surface area contributed by atoms with Gasteiger partial charge >= 0.3 is 0 Å². The van der Waals surface area contributed by atoms with Crippen LogP contribution in [0.4, 0.5) is 0 Å². The van der Waals surface area contributed by atoms with E-state index in [0.29, 0.717) is 12.3 Å². The SMILES string of the molecule is CC1Cc2ccccc2C1NC(=O)Cc1ccc(-n2cnnn2)cc1. The third-order valence-corrected chi connectivity index (χ3v) is 4.73. The van der Waals surface area contributed by atoms with Gasteiger partial charge in [0.1, 0.15) is 6.33 Å². The summed E-state index contributed by atoms with van der Waals surface area (Å²) in [5.41, 5.74) is 4.42. The Hall–Kier alpha value is -3.02. The number of carbonyl (C=O) groups excluding carboxylic acids is 1. The molecule has 25 heavy (non-hydrogen) atoms. The van der Waals surface area contributed by atoms with Gasteiger partial charge in [-0.25, -0.2) is 4.68 Å². The summed E-state index contributed by atoms with van der Waals surface area (Å²) in [6.07, 6.45) is 2.92. The van der Waals surface area contributed by atoms with Gasteiger partial charge < -0.3 is 5.32 Å². The Balaban J connectivity index is 1.42. The molecule has 6 heteroatoms. The van der Waals surface area contributed by atoms with Crippen molar-refractivity contribution in [2.24, 2.45) is 5.92 Å². The van der Waals surface area contributed by atoms with Gasteiger partial charge in [-0.2, -0.15) is 0 Å². The maximum absolute atomic E-state index is 12.5. The molecule has 0 saturated heterocycles. The Kier molecular flexibility index (Phi) is 4.01. The molecule has 1 amide bonds. The average molecular weight is 333 g/mol. The molecule has 0 fully saturated rings. The number of nitrogens with zero attached hydrogens (tertiary/aromatic N) is 4. The summed E-state index contributed by atoms with van der Waals surface area (Å²) in [6, 6.07) is 16.1. The minimum absolute atomic E-state index is 0.0451. The molecule has 1 N–H and O–H groups in total. The van der Waals surface area contributed by atoms with E-state index in [1.165, 1.54) is 11.1 Å².